The molecule has 5 nitrogen and oxygen atoms in total. The van der Waals surface area contributed by atoms with Gasteiger partial charge in [-0.1, -0.05) is 37.6 Å². The zero-order chi connectivity index (χ0) is 17.6. The number of ether oxygens (including phenoxy) is 2. The number of carbonyl (C=O) groups excluding carboxylic acids is 2. The maximum absolute atomic E-state index is 13.2. The molecule has 25 heavy (non-hydrogen) atoms. The first-order chi connectivity index (χ1) is 12.1. The lowest BCUT2D eigenvalue weighted by molar-refractivity contribution is -0.152. The highest BCUT2D eigenvalue weighted by Gasteiger charge is 2.67. The molecule has 0 N–H and O–H groups in total. The van der Waals surface area contributed by atoms with Gasteiger partial charge in [0.1, 0.15) is 11.5 Å². The average molecular weight is 406 g/mol. The summed E-state index contributed by atoms with van der Waals surface area (Å²) in [5.74, 6) is -1.46. The summed E-state index contributed by atoms with van der Waals surface area (Å²) in [5.41, 5.74) is 0.0840. The van der Waals surface area contributed by atoms with Crippen molar-refractivity contribution >= 4 is 33.5 Å². The summed E-state index contributed by atoms with van der Waals surface area (Å²) >= 11 is 3.51. The molecule has 6 heteroatoms. The van der Waals surface area contributed by atoms with E-state index >= 15 is 0 Å². The van der Waals surface area contributed by atoms with E-state index in [1.165, 1.54) is 0 Å². The number of esters is 1. The van der Waals surface area contributed by atoms with Crippen LogP contribution in [0.1, 0.15) is 19.8 Å². The Morgan fingerprint density at radius 2 is 2.24 bits per heavy atom. The number of unbranched alkanes of at least 4 members (excludes halogenated alkanes) is 1. The third kappa shape index (κ3) is 2.54. The van der Waals surface area contributed by atoms with Crippen molar-refractivity contribution in [2.45, 2.75) is 31.5 Å². The summed E-state index contributed by atoms with van der Waals surface area (Å²) < 4.78 is 12.3. The van der Waals surface area contributed by atoms with Crippen LogP contribution >= 0.6 is 15.9 Å². The van der Waals surface area contributed by atoms with Crippen molar-refractivity contribution in [1.29, 1.82) is 0 Å². The van der Waals surface area contributed by atoms with Gasteiger partial charge in [-0.2, -0.15) is 0 Å². The Morgan fingerprint density at radius 3 is 3.00 bits per heavy atom. The number of fused-ring (bicyclic) bond motifs is 1. The number of rotatable bonds is 5. The first kappa shape index (κ1) is 16.8. The molecule has 1 aromatic rings. The number of hydrogen-bond donors (Lipinski definition) is 0. The van der Waals surface area contributed by atoms with Crippen LogP contribution in [0.2, 0.25) is 0 Å². The Hall–Kier alpha value is -1.66. The highest BCUT2D eigenvalue weighted by atomic mass is 79.9. The van der Waals surface area contributed by atoms with Gasteiger partial charge in [-0.25, -0.2) is 0 Å². The summed E-state index contributed by atoms with van der Waals surface area (Å²) in [6, 6.07) is 7.59. The maximum atomic E-state index is 13.2. The summed E-state index contributed by atoms with van der Waals surface area (Å²) in [6.07, 6.45) is 5.28. The van der Waals surface area contributed by atoms with Crippen molar-refractivity contribution in [3.63, 3.8) is 0 Å². The number of anilines is 1. The van der Waals surface area contributed by atoms with E-state index in [1.54, 1.807) is 4.90 Å². The second kappa shape index (κ2) is 6.25. The van der Waals surface area contributed by atoms with Crippen LogP contribution in [0.15, 0.2) is 40.9 Å². The summed E-state index contributed by atoms with van der Waals surface area (Å²) in [5, 5.41) is 0. The van der Waals surface area contributed by atoms with Crippen molar-refractivity contribution in [3.8, 4) is 0 Å². The van der Waals surface area contributed by atoms with Crippen molar-refractivity contribution in [1.82, 2.24) is 0 Å². The second-order valence-electron chi connectivity index (χ2n) is 6.80. The largest absolute Gasteiger partial charge is 0.465 e. The molecule has 2 bridgehead atoms. The highest BCUT2D eigenvalue weighted by molar-refractivity contribution is 9.10. The molecule has 0 radical (unpaired) electrons. The van der Waals surface area contributed by atoms with E-state index < -0.39 is 17.4 Å². The summed E-state index contributed by atoms with van der Waals surface area (Å²) in [4.78, 5) is 27.5. The van der Waals surface area contributed by atoms with Gasteiger partial charge in [0, 0.05) is 4.47 Å². The molecule has 0 aromatic heterocycles. The van der Waals surface area contributed by atoms with Crippen LogP contribution in [0.3, 0.4) is 0 Å². The Labute approximate surface area is 155 Å². The molecule has 1 spiro atoms. The van der Waals surface area contributed by atoms with E-state index in [2.05, 4.69) is 15.9 Å². The lowest BCUT2D eigenvalue weighted by Crippen LogP contribution is -2.40. The third-order valence-corrected chi connectivity index (χ3v) is 5.93. The predicted molar refractivity (Wildman–Crippen MR) is 96.1 cm³/mol. The molecule has 1 aromatic carbocycles. The topological polar surface area (TPSA) is 55.8 Å². The van der Waals surface area contributed by atoms with Crippen LogP contribution in [0.5, 0.6) is 0 Å². The molecule has 4 atom stereocenters. The van der Waals surface area contributed by atoms with Crippen LogP contribution in [0.4, 0.5) is 5.69 Å². The fourth-order valence-electron chi connectivity index (χ4n) is 4.06. The molecule has 3 heterocycles. The molecular weight excluding hydrogens is 386 g/mol. The van der Waals surface area contributed by atoms with Crippen LogP contribution in [-0.2, 0) is 19.1 Å². The molecule has 0 unspecified atom stereocenters. The Morgan fingerprint density at radius 1 is 1.44 bits per heavy atom. The number of halogens is 1. The number of carbonyl (C=O) groups is 2. The molecule has 3 aliphatic heterocycles. The Balaban J connectivity index is 1.61. The molecule has 3 aliphatic rings. The molecule has 2 saturated heterocycles. The van der Waals surface area contributed by atoms with E-state index in [0.29, 0.717) is 13.2 Å². The van der Waals surface area contributed by atoms with Crippen molar-refractivity contribution in [3.05, 3.63) is 40.9 Å². The number of benzene rings is 1. The quantitative estimate of drug-likeness (QED) is 0.429. The maximum Gasteiger partial charge on any atom is 0.312 e. The first-order valence-corrected chi connectivity index (χ1v) is 9.46. The number of amides is 1. The van der Waals surface area contributed by atoms with Crippen LogP contribution in [0, 0.1) is 11.8 Å². The average Bonchev–Trinajstić information content (AvgIpc) is 3.24. The standard InChI is InChI=1S/C19H20BrNO4/c1-2-3-10-24-18(23)15-14-8-9-19(25-14)11-21(17(22)16(15)19)13-7-5-4-6-12(13)20/h4-9,14-16H,2-3,10-11H2,1H3/t14-,15+,16+,19+/m1/s1. The number of hydrogen-bond acceptors (Lipinski definition) is 4. The van der Waals surface area contributed by atoms with Gasteiger partial charge in [-0.3, -0.25) is 9.59 Å². The predicted octanol–water partition coefficient (Wildman–Crippen LogP) is 3.08. The summed E-state index contributed by atoms with van der Waals surface area (Å²) in [7, 11) is 0. The molecule has 2 fully saturated rings. The molecule has 1 amide bonds. The lowest BCUT2D eigenvalue weighted by Gasteiger charge is -2.22. The van der Waals surface area contributed by atoms with E-state index in [4.69, 9.17) is 9.47 Å². The molecular formula is C19H20BrNO4. The second-order valence-corrected chi connectivity index (χ2v) is 7.65. The van der Waals surface area contributed by atoms with Gasteiger partial charge in [0.25, 0.3) is 0 Å². The highest BCUT2D eigenvalue weighted by Crippen LogP contribution is 2.53. The number of para-hydroxylation sites is 1. The van der Waals surface area contributed by atoms with Gasteiger partial charge in [0.2, 0.25) is 5.91 Å². The monoisotopic (exact) mass is 405 g/mol. The molecule has 0 aliphatic carbocycles. The minimum Gasteiger partial charge on any atom is -0.465 e. The smallest absolute Gasteiger partial charge is 0.312 e. The number of nitrogens with zero attached hydrogens (tertiary/aromatic N) is 1. The summed E-state index contributed by atoms with van der Waals surface area (Å²) in [6.45, 7) is 2.86. The Kier molecular flexibility index (Phi) is 4.20. The molecule has 4 rings (SSSR count). The van der Waals surface area contributed by atoms with Gasteiger partial charge < -0.3 is 14.4 Å². The fraction of sp³-hybridized carbons (Fsp3) is 0.474. The van der Waals surface area contributed by atoms with Crippen LogP contribution < -0.4 is 4.90 Å². The van der Waals surface area contributed by atoms with Crippen LogP contribution in [-0.4, -0.2) is 36.7 Å². The van der Waals surface area contributed by atoms with E-state index in [1.807, 2.05) is 43.3 Å². The normalized spacial score (nSPS) is 32.3. The van der Waals surface area contributed by atoms with E-state index in [-0.39, 0.29) is 18.0 Å². The zero-order valence-electron chi connectivity index (χ0n) is 14.0. The van der Waals surface area contributed by atoms with Crippen molar-refractivity contribution in [2.75, 3.05) is 18.1 Å². The van der Waals surface area contributed by atoms with Gasteiger partial charge in [0.05, 0.1) is 30.9 Å². The van der Waals surface area contributed by atoms with E-state index in [0.717, 1.165) is 23.0 Å². The van der Waals surface area contributed by atoms with E-state index in [9.17, 15) is 9.59 Å². The minimum absolute atomic E-state index is 0.0730. The minimum atomic E-state index is -0.717. The molecule has 132 valence electrons. The Bertz CT molecular complexity index is 749. The first-order valence-electron chi connectivity index (χ1n) is 8.67. The van der Waals surface area contributed by atoms with Crippen molar-refractivity contribution < 1.29 is 19.1 Å². The van der Waals surface area contributed by atoms with Gasteiger partial charge in [-0.05, 0) is 34.5 Å². The fourth-order valence-corrected chi connectivity index (χ4v) is 4.55. The van der Waals surface area contributed by atoms with Crippen LogP contribution in [0.25, 0.3) is 0 Å². The van der Waals surface area contributed by atoms with Gasteiger partial charge in [-0.15, -0.1) is 0 Å². The lowest BCUT2D eigenvalue weighted by atomic mass is 9.77. The third-order valence-electron chi connectivity index (χ3n) is 5.26. The van der Waals surface area contributed by atoms with Gasteiger partial charge >= 0.3 is 5.97 Å². The SMILES string of the molecule is CCCCOC(=O)[C@@H]1[C@H]2C(=O)N(c3ccccc3Br)C[C@@]23C=C[C@H]1O3. The van der Waals surface area contributed by atoms with Gasteiger partial charge in [0.15, 0.2) is 0 Å². The molecule has 0 saturated carbocycles. The zero-order valence-corrected chi connectivity index (χ0v) is 15.6. The van der Waals surface area contributed by atoms with Crippen molar-refractivity contribution in [2.24, 2.45) is 11.8 Å².